The normalized spacial score (nSPS) is 27.1. The van der Waals surface area contributed by atoms with Crippen molar-refractivity contribution in [3.05, 3.63) is 0 Å². The number of thioether (sulfide) groups is 1. The maximum atomic E-state index is 11.2. The summed E-state index contributed by atoms with van der Waals surface area (Å²) >= 11 is 1.47. The topological polar surface area (TPSA) is 55.4 Å². The van der Waals surface area contributed by atoms with Gasteiger partial charge in [0.05, 0.1) is 23.7 Å². The fourth-order valence-electron chi connectivity index (χ4n) is 1.15. The molecule has 0 aromatic rings. The molecule has 1 heterocycles. The summed E-state index contributed by atoms with van der Waals surface area (Å²) in [4.78, 5) is 22.2. The van der Waals surface area contributed by atoms with E-state index in [0.29, 0.717) is 6.61 Å². The number of ether oxygens (including phenoxy) is 1. The Labute approximate surface area is 81.4 Å². The molecule has 1 aliphatic heterocycles. The first-order valence-corrected chi connectivity index (χ1v) is 5.19. The smallest absolute Gasteiger partial charge is 0.307 e. The van der Waals surface area contributed by atoms with Gasteiger partial charge in [0, 0.05) is 0 Å². The third-order valence-electron chi connectivity index (χ3n) is 1.66. The summed E-state index contributed by atoms with van der Waals surface area (Å²) < 4.78 is 4.76. The van der Waals surface area contributed by atoms with E-state index < -0.39 is 0 Å². The number of esters is 1. The van der Waals surface area contributed by atoms with Crippen molar-refractivity contribution < 1.29 is 14.3 Å². The quantitative estimate of drug-likeness (QED) is 0.679. The first-order chi connectivity index (χ1) is 6.13. The summed E-state index contributed by atoms with van der Waals surface area (Å²) in [5.74, 6) is -0.366. The summed E-state index contributed by atoms with van der Waals surface area (Å²) in [6, 6.07) is 0. The summed E-state index contributed by atoms with van der Waals surface area (Å²) in [5.41, 5.74) is 0. The predicted molar refractivity (Wildman–Crippen MR) is 50.2 cm³/mol. The minimum atomic E-state index is -0.302. The zero-order chi connectivity index (χ0) is 9.84. The third-order valence-corrected chi connectivity index (χ3v) is 2.90. The minimum Gasteiger partial charge on any atom is -0.466 e. The van der Waals surface area contributed by atoms with Crippen LogP contribution in [0.2, 0.25) is 0 Å². The predicted octanol–water partition coefficient (Wildman–Crippen LogP) is 0.517. The molecule has 2 unspecified atom stereocenters. The Morgan fingerprint density at radius 1 is 1.69 bits per heavy atom. The molecule has 0 spiro atoms. The lowest BCUT2D eigenvalue weighted by molar-refractivity contribution is -0.144. The number of hydrogen-bond donors (Lipinski definition) is 1. The molecule has 0 radical (unpaired) electrons. The van der Waals surface area contributed by atoms with E-state index in [9.17, 15) is 9.59 Å². The third kappa shape index (κ3) is 2.91. The van der Waals surface area contributed by atoms with Crippen molar-refractivity contribution in [2.75, 3.05) is 6.61 Å². The van der Waals surface area contributed by atoms with E-state index in [-0.39, 0.29) is 28.9 Å². The van der Waals surface area contributed by atoms with Gasteiger partial charge in [-0.1, -0.05) is 0 Å². The van der Waals surface area contributed by atoms with Crippen molar-refractivity contribution in [1.29, 1.82) is 0 Å². The Bertz CT molecular complexity index is 219. The number of hydrogen-bond acceptors (Lipinski definition) is 4. The van der Waals surface area contributed by atoms with Gasteiger partial charge in [-0.25, -0.2) is 0 Å². The fourth-order valence-corrected chi connectivity index (χ4v) is 2.25. The van der Waals surface area contributed by atoms with Crippen LogP contribution in [0.15, 0.2) is 0 Å². The molecule has 0 aliphatic carbocycles. The van der Waals surface area contributed by atoms with Crippen molar-refractivity contribution >= 4 is 23.6 Å². The number of amides is 1. The molecule has 1 aliphatic rings. The highest BCUT2D eigenvalue weighted by Crippen LogP contribution is 2.25. The van der Waals surface area contributed by atoms with E-state index in [1.54, 1.807) is 6.92 Å². The van der Waals surface area contributed by atoms with Crippen LogP contribution in [0.5, 0.6) is 0 Å². The monoisotopic (exact) mass is 203 g/mol. The molecule has 1 rings (SSSR count). The zero-order valence-electron chi connectivity index (χ0n) is 7.70. The summed E-state index contributed by atoms with van der Waals surface area (Å²) in [6.45, 7) is 4.02. The van der Waals surface area contributed by atoms with Crippen LogP contribution in [0.4, 0.5) is 0 Å². The molecule has 5 heteroatoms. The van der Waals surface area contributed by atoms with E-state index >= 15 is 0 Å². The number of rotatable bonds is 3. The SMILES string of the molecule is CCOC(=O)CC1SC(C)NC1=O. The Hall–Kier alpha value is -0.710. The summed E-state index contributed by atoms with van der Waals surface area (Å²) in [5, 5.41) is 2.56. The van der Waals surface area contributed by atoms with E-state index in [2.05, 4.69) is 5.32 Å². The zero-order valence-corrected chi connectivity index (χ0v) is 8.52. The molecular weight excluding hydrogens is 190 g/mol. The van der Waals surface area contributed by atoms with E-state index in [0.717, 1.165) is 0 Å². The lowest BCUT2D eigenvalue weighted by Gasteiger charge is -2.04. The van der Waals surface area contributed by atoms with E-state index in [1.165, 1.54) is 11.8 Å². The molecule has 74 valence electrons. The van der Waals surface area contributed by atoms with Crippen molar-refractivity contribution in [3.8, 4) is 0 Å². The van der Waals surface area contributed by atoms with Crippen LogP contribution in [0.1, 0.15) is 20.3 Å². The highest BCUT2D eigenvalue weighted by atomic mass is 32.2. The van der Waals surface area contributed by atoms with Gasteiger partial charge < -0.3 is 10.1 Å². The second-order valence-corrected chi connectivity index (χ2v) is 4.33. The first-order valence-electron chi connectivity index (χ1n) is 4.25. The van der Waals surface area contributed by atoms with Crippen molar-refractivity contribution in [2.24, 2.45) is 0 Å². The van der Waals surface area contributed by atoms with Gasteiger partial charge in [0.1, 0.15) is 0 Å². The Morgan fingerprint density at radius 2 is 2.38 bits per heavy atom. The van der Waals surface area contributed by atoms with E-state index in [1.807, 2.05) is 6.92 Å². The molecule has 1 fully saturated rings. The first kappa shape index (κ1) is 10.4. The van der Waals surface area contributed by atoms with Crippen molar-refractivity contribution in [3.63, 3.8) is 0 Å². The molecule has 2 atom stereocenters. The minimum absolute atomic E-state index is 0.0643. The van der Waals surface area contributed by atoms with Crippen LogP contribution < -0.4 is 5.32 Å². The molecule has 13 heavy (non-hydrogen) atoms. The summed E-state index contributed by atoms with van der Waals surface area (Å²) in [6.07, 6.45) is 0.175. The average Bonchev–Trinajstić information content (AvgIpc) is 2.30. The maximum absolute atomic E-state index is 11.2. The molecule has 0 aromatic heterocycles. The van der Waals surface area contributed by atoms with Crippen LogP contribution >= 0.6 is 11.8 Å². The number of nitrogens with one attached hydrogen (secondary N) is 1. The molecule has 0 saturated carbocycles. The second kappa shape index (κ2) is 4.50. The van der Waals surface area contributed by atoms with Gasteiger partial charge in [0.2, 0.25) is 5.91 Å². The highest BCUT2D eigenvalue weighted by Gasteiger charge is 2.31. The number of carbonyl (C=O) groups is 2. The van der Waals surface area contributed by atoms with Gasteiger partial charge in [-0.15, -0.1) is 11.8 Å². The van der Waals surface area contributed by atoms with Crippen LogP contribution in [-0.4, -0.2) is 29.1 Å². The Morgan fingerprint density at radius 3 is 2.85 bits per heavy atom. The second-order valence-electron chi connectivity index (χ2n) is 2.78. The van der Waals surface area contributed by atoms with Gasteiger partial charge in [-0.05, 0) is 13.8 Å². The van der Waals surface area contributed by atoms with Crippen molar-refractivity contribution in [2.45, 2.75) is 30.9 Å². The highest BCUT2D eigenvalue weighted by molar-refractivity contribution is 8.01. The van der Waals surface area contributed by atoms with Crippen molar-refractivity contribution in [1.82, 2.24) is 5.32 Å². The molecule has 0 bridgehead atoms. The fraction of sp³-hybridized carbons (Fsp3) is 0.750. The van der Waals surface area contributed by atoms with Gasteiger partial charge in [-0.3, -0.25) is 9.59 Å². The lowest BCUT2D eigenvalue weighted by atomic mass is 10.3. The average molecular weight is 203 g/mol. The largest absolute Gasteiger partial charge is 0.466 e. The van der Waals surface area contributed by atoms with Crippen LogP contribution in [0, 0.1) is 0 Å². The lowest BCUT2D eigenvalue weighted by Crippen LogP contribution is -2.27. The van der Waals surface area contributed by atoms with Crippen LogP contribution in [0.25, 0.3) is 0 Å². The van der Waals surface area contributed by atoms with Gasteiger partial charge in [-0.2, -0.15) is 0 Å². The van der Waals surface area contributed by atoms with Gasteiger partial charge in [0.25, 0.3) is 0 Å². The van der Waals surface area contributed by atoms with Gasteiger partial charge in [0.15, 0.2) is 0 Å². The Kier molecular flexibility index (Phi) is 3.59. The van der Waals surface area contributed by atoms with Crippen LogP contribution in [0.3, 0.4) is 0 Å². The Balaban J connectivity index is 2.37. The molecule has 1 amide bonds. The van der Waals surface area contributed by atoms with Gasteiger partial charge >= 0.3 is 5.97 Å². The number of carbonyl (C=O) groups excluding carboxylic acids is 2. The molecule has 1 N–H and O–H groups in total. The standard InChI is InChI=1S/C8H13NO3S/c1-3-12-7(10)4-6-8(11)9-5(2)13-6/h5-6H,3-4H2,1-2H3,(H,9,11). The summed E-state index contributed by atoms with van der Waals surface area (Å²) in [7, 11) is 0. The molecular formula is C8H13NO3S. The van der Waals surface area contributed by atoms with Crippen LogP contribution in [-0.2, 0) is 14.3 Å². The molecule has 0 aromatic carbocycles. The maximum Gasteiger partial charge on any atom is 0.307 e. The van der Waals surface area contributed by atoms with E-state index in [4.69, 9.17) is 4.74 Å². The molecule has 1 saturated heterocycles. The molecule has 4 nitrogen and oxygen atoms in total.